The highest BCUT2D eigenvalue weighted by molar-refractivity contribution is 6.41. The zero-order valence-electron chi connectivity index (χ0n) is 19.9. The van der Waals surface area contributed by atoms with Crippen LogP contribution in [-0.2, 0) is 6.42 Å². The summed E-state index contributed by atoms with van der Waals surface area (Å²) in [5.74, 6) is 0. The molecule has 0 bridgehead atoms. The molecule has 2 aromatic rings. The highest BCUT2D eigenvalue weighted by Gasteiger charge is 2.33. The van der Waals surface area contributed by atoms with Crippen molar-refractivity contribution in [3.8, 4) is 0 Å². The van der Waals surface area contributed by atoms with Gasteiger partial charge in [-0.2, -0.15) is 0 Å². The van der Waals surface area contributed by atoms with E-state index in [0.29, 0.717) is 35.5 Å². The van der Waals surface area contributed by atoms with Gasteiger partial charge in [-0.1, -0.05) is 13.8 Å². The Morgan fingerprint density at radius 3 is 1.97 bits per heavy atom. The molecular weight excluding hydrogens is 445 g/mol. The van der Waals surface area contributed by atoms with Gasteiger partial charge in [0.15, 0.2) is 0 Å². The van der Waals surface area contributed by atoms with Crippen LogP contribution in [0.25, 0.3) is 5.57 Å². The van der Waals surface area contributed by atoms with Crippen molar-refractivity contribution in [3.63, 3.8) is 0 Å². The van der Waals surface area contributed by atoms with Gasteiger partial charge in [0.1, 0.15) is 0 Å². The van der Waals surface area contributed by atoms with Crippen LogP contribution in [0.2, 0.25) is 0 Å². The van der Waals surface area contributed by atoms with Crippen LogP contribution in [0.1, 0.15) is 62.2 Å². The lowest BCUT2D eigenvalue weighted by molar-refractivity contribution is -0.394. The van der Waals surface area contributed by atoms with E-state index in [1.807, 2.05) is 27.7 Å². The van der Waals surface area contributed by atoms with Gasteiger partial charge in [-0.3, -0.25) is 33.9 Å². The molecule has 0 aliphatic carbocycles. The lowest BCUT2D eigenvalue weighted by Crippen LogP contribution is -2.18. The summed E-state index contributed by atoms with van der Waals surface area (Å²) < 4.78 is 29.7. The highest BCUT2D eigenvalue weighted by Crippen LogP contribution is 2.42. The van der Waals surface area contributed by atoms with Crippen LogP contribution in [0.4, 0.5) is 20.0 Å². The van der Waals surface area contributed by atoms with Gasteiger partial charge in [0, 0.05) is 34.8 Å². The second-order valence-electron chi connectivity index (χ2n) is 8.17. The molecule has 1 aromatic heterocycles. The largest absolute Gasteiger partial charge is 0.677 e. The Morgan fingerprint density at radius 1 is 1.00 bits per heavy atom. The third kappa shape index (κ3) is 4.06. The number of non-ortho nitro benzene ring substituents is 2. The first-order valence-electron chi connectivity index (χ1n) is 10.9. The normalized spacial score (nSPS) is 15.0. The number of hydrogen-bond donors (Lipinski definition) is 0. The maximum atomic E-state index is 14.4. The topological polar surface area (TPSA) is 104 Å². The third-order valence-electron chi connectivity index (χ3n) is 6.36. The van der Waals surface area contributed by atoms with E-state index in [1.54, 1.807) is 13.8 Å². The number of aromatic nitrogens is 1. The molecule has 8 nitrogen and oxygen atoms in total. The van der Waals surface area contributed by atoms with Crippen molar-refractivity contribution in [1.82, 2.24) is 4.48 Å². The molecule has 0 spiro atoms. The monoisotopic (exact) mass is 470 g/mol. The molecule has 0 fully saturated rings. The molecule has 1 aliphatic heterocycles. The fourth-order valence-corrected chi connectivity index (χ4v) is 4.81. The van der Waals surface area contributed by atoms with E-state index in [4.69, 9.17) is 0 Å². The molecule has 34 heavy (non-hydrogen) atoms. The molecule has 0 saturated carbocycles. The fourth-order valence-electron chi connectivity index (χ4n) is 4.81. The minimum Gasteiger partial charge on any atom is -0.329 e. The number of benzene rings is 1. The van der Waals surface area contributed by atoms with Gasteiger partial charge in [0.05, 0.1) is 21.6 Å². The van der Waals surface area contributed by atoms with Crippen LogP contribution in [0, 0.1) is 34.1 Å². The van der Waals surface area contributed by atoms with Crippen molar-refractivity contribution in [2.24, 2.45) is 4.99 Å². The number of rotatable bonds is 7. The van der Waals surface area contributed by atoms with Crippen molar-refractivity contribution in [2.75, 3.05) is 0 Å². The van der Waals surface area contributed by atoms with Crippen LogP contribution in [0.15, 0.2) is 40.0 Å². The molecule has 1 aliphatic rings. The smallest absolute Gasteiger partial charge is 0.329 e. The number of hydrogen-bond acceptors (Lipinski definition) is 5. The molecule has 0 radical (unpaired) electrons. The number of halogens is 2. The first kappa shape index (κ1) is 25.0. The van der Waals surface area contributed by atoms with Gasteiger partial charge in [0.2, 0.25) is 0 Å². The van der Waals surface area contributed by atoms with Crippen LogP contribution in [0.3, 0.4) is 0 Å². The lowest BCUT2D eigenvalue weighted by atomic mass is 9.92. The molecule has 11 heteroatoms. The van der Waals surface area contributed by atoms with E-state index in [2.05, 4.69) is 4.99 Å². The molecule has 0 atom stereocenters. The van der Waals surface area contributed by atoms with Gasteiger partial charge >= 0.3 is 7.40 Å². The summed E-state index contributed by atoms with van der Waals surface area (Å²) in [6, 6.07) is 3.22. The van der Waals surface area contributed by atoms with Crippen LogP contribution in [-0.4, -0.2) is 27.4 Å². The van der Waals surface area contributed by atoms with Crippen LogP contribution in [0.5, 0.6) is 0 Å². The zero-order valence-corrected chi connectivity index (χ0v) is 19.9. The standard InChI is InChI=1S/C23H25BF2N4O4/c1-7-19-12(3)22(27-14(19)5)21(16-9-17(29(31)32)11-18(10-16)30(33)34)23-13(4)20(8-2)15(6)28(23)24(25)26/h9-11H,7-8H2,1-6H3/b22-21-. The Labute approximate surface area is 196 Å². The molecule has 0 N–H and O–H groups in total. The van der Waals surface area contributed by atoms with Crippen molar-refractivity contribution in [3.05, 3.63) is 83.3 Å². The molecule has 3 rings (SSSR count). The van der Waals surface area contributed by atoms with Crippen LogP contribution >= 0.6 is 0 Å². The summed E-state index contributed by atoms with van der Waals surface area (Å²) in [5, 5.41) is 23.1. The Balaban J connectivity index is 2.58. The molecule has 0 saturated heterocycles. The van der Waals surface area contributed by atoms with E-state index in [1.165, 1.54) is 12.1 Å². The van der Waals surface area contributed by atoms with E-state index >= 15 is 0 Å². The van der Waals surface area contributed by atoms with Crippen molar-refractivity contribution in [2.45, 2.75) is 54.4 Å². The number of nitro benzene ring substituents is 2. The predicted molar refractivity (Wildman–Crippen MR) is 129 cm³/mol. The SMILES string of the molecule is CCC1=C(C)/C(=C(\c2cc([N+](=O)[O-])cc([N+](=O)[O-])c2)c2c(C)c(CC)c(C)n2B(F)F)N=C1C. The quantitative estimate of drug-likeness (QED) is 0.272. The Kier molecular flexibility index (Phi) is 6.85. The fraction of sp³-hybridized carbons (Fsp3) is 0.348. The summed E-state index contributed by atoms with van der Waals surface area (Å²) in [6.07, 6.45) is 1.15. The summed E-state index contributed by atoms with van der Waals surface area (Å²) in [4.78, 5) is 26.3. The van der Waals surface area contributed by atoms with E-state index in [9.17, 15) is 28.9 Å². The Hall–Kier alpha value is -3.63. The number of nitrogens with zero attached hydrogens (tertiary/aromatic N) is 4. The van der Waals surface area contributed by atoms with E-state index in [0.717, 1.165) is 27.3 Å². The maximum Gasteiger partial charge on any atom is 0.677 e. The molecule has 178 valence electrons. The number of nitro groups is 2. The van der Waals surface area contributed by atoms with Crippen LogP contribution < -0.4 is 0 Å². The van der Waals surface area contributed by atoms with E-state index in [-0.39, 0.29) is 16.8 Å². The molecule has 0 unspecified atom stereocenters. The van der Waals surface area contributed by atoms with Gasteiger partial charge in [-0.15, -0.1) is 0 Å². The minimum absolute atomic E-state index is 0.0920. The zero-order chi connectivity index (χ0) is 25.5. The highest BCUT2D eigenvalue weighted by atomic mass is 19.2. The molecule has 1 aromatic carbocycles. The molecule has 0 amide bonds. The number of allylic oxidation sites excluding steroid dienone is 2. The molecule has 2 heterocycles. The summed E-state index contributed by atoms with van der Waals surface area (Å²) in [7, 11) is -2.89. The lowest BCUT2D eigenvalue weighted by Gasteiger charge is -2.16. The predicted octanol–water partition coefficient (Wildman–Crippen LogP) is 6.22. The van der Waals surface area contributed by atoms with Crippen molar-refractivity contribution < 1.29 is 18.5 Å². The summed E-state index contributed by atoms with van der Waals surface area (Å²) in [5.41, 5.74) is 3.93. The average Bonchev–Trinajstić information content (AvgIpc) is 3.19. The average molecular weight is 470 g/mol. The van der Waals surface area contributed by atoms with Gasteiger partial charge in [-0.25, -0.2) is 0 Å². The summed E-state index contributed by atoms with van der Waals surface area (Å²) >= 11 is 0. The Bertz CT molecular complexity index is 1280. The first-order chi connectivity index (χ1) is 15.9. The van der Waals surface area contributed by atoms with E-state index < -0.39 is 28.6 Å². The maximum absolute atomic E-state index is 14.4. The second-order valence-corrected chi connectivity index (χ2v) is 8.17. The summed E-state index contributed by atoms with van der Waals surface area (Å²) in [6.45, 7) is 10.8. The first-order valence-corrected chi connectivity index (χ1v) is 10.9. The minimum atomic E-state index is -2.89. The molecular formula is C23H25BF2N4O4. The number of aliphatic imine (C=N–C) groups is 1. The van der Waals surface area contributed by atoms with Crippen molar-refractivity contribution >= 4 is 30.1 Å². The van der Waals surface area contributed by atoms with Crippen molar-refractivity contribution in [1.29, 1.82) is 0 Å². The second kappa shape index (κ2) is 9.32. The van der Waals surface area contributed by atoms with Gasteiger partial charge in [-0.05, 0) is 68.4 Å². The third-order valence-corrected chi connectivity index (χ3v) is 6.36. The Morgan fingerprint density at radius 2 is 1.56 bits per heavy atom. The van der Waals surface area contributed by atoms with Gasteiger partial charge < -0.3 is 4.48 Å². The van der Waals surface area contributed by atoms with Gasteiger partial charge in [0.25, 0.3) is 11.4 Å².